The lowest BCUT2D eigenvalue weighted by molar-refractivity contribution is -0.385. The summed E-state index contributed by atoms with van der Waals surface area (Å²) in [7, 11) is -3.46. The van der Waals surface area contributed by atoms with Crippen molar-refractivity contribution in [1.82, 2.24) is 20.3 Å². The van der Waals surface area contributed by atoms with E-state index in [0.717, 1.165) is 24.9 Å². The normalized spacial score (nSPS) is 25.5. The van der Waals surface area contributed by atoms with Crippen LogP contribution in [0.2, 0.25) is 18.6 Å². The van der Waals surface area contributed by atoms with Gasteiger partial charge in [-0.1, -0.05) is 24.3 Å². The van der Waals surface area contributed by atoms with Crippen LogP contribution in [-0.4, -0.2) is 70.5 Å². The van der Waals surface area contributed by atoms with Crippen LogP contribution in [0, 0.1) is 16.0 Å². The Morgan fingerprint density at radius 3 is 2.81 bits per heavy atom. The van der Waals surface area contributed by atoms with Gasteiger partial charge in [-0.15, -0.1) is 5.10 Å². The maximum atomic E-state index is 16.2. The standard InChI is InChI=1S/C32H40FN7O6Si/c1-20-29(47(2,3)33)28(11-14-38-19-23(12-15-41)36-37-38)46-32(20)25-17-24(40(44)45)9-10-27(25)39(31(32)43)18-21-6-4-7-22(16-21)35-30(42)26-8-5-13-34-26/h4,6-7,9-10,16-17,19-20,26,28-29,34,41H,5,8,11-15,18H2,1-3H3,(H,35,42)/t20-,26+,28+,29-,32+/m0/s1. The minimum Gasteiger partial charge on any atom is -0.396 e. The SMILES string of the molecule is C[C@H]1[C@H]([Si](C)(C)F)[C@@H](CCn2cc(CCO)nn2)O[C@]12C(=O)N(Cc1cccc(NC(=O)[C@H]3CCCN3)c1)c1ccc([N+](=O)[O-])cc12. The Hall–Kier alpha value is -4.05. The smallest absolute Gasteiger partial charge is 0.269 e. The number of halogens is 1. The zero-order valence-corrected chi connectivity index (χ0v) is 27.7. The molecule has 0 radical (unpaired) electrons. The molecule has 3 aromatic rings. The first kappa shape index (κ1) is 32.9. The van der Waals surface area contributed by atoms with Crippen molar-refractivity contribution in [3.05, 3.63) is 75.6 Å². The van der Waals surface area contributed by atoms with E-state index < -0.39 is 42.4 Å². The van der Waals surface area contributed by atoms with Gasteiger partial charge in [0.1, 0.15) is 0 Å². The van der Waals surface area contributed by atoms with Crippen LogP contribution in [0.15, 0.2) is 48.7 Å². The topological polar surface area (TPSA) is 165 Å². The molecule has 0 bridgehead atoms. The van der Waals surface area contributed by atoms with Crippen molar-refractivity contribution in [3.8, 4) is 0 Å². The molecule has 5 atom stereocenters. The van der Waals surface area contributed by atoms with Gasteiger partial charge in [-0.3, -0.25) is 24.4 Å². The molecule has 4 heterocycles. The van der Waals surface area contributed by atoms with Gasteiger partial charge in [-0.2, -0.15) is 0 Å². The minimum absolute atomic E-state index is 0.0603. The number of nitrogens with one attached hydrogen (secondary N) is 2. The van der Waals surface area contributed by atoms with Crippen molar-refractivity contribution in [1.29, 1.82) is 0 Å². The van der Waals surface area contributed by atoms with Crippen molar-refractivity contribution in [2.75, 3.05) is 23.4 Å². The fourth-order valence-corrected chi connectivity index (χ4v) is 10.1. The zero-order valence-electron chi connectivity index (χ0n) is 26.7. The molecule has 2 saturated heterocycles. The Bertz CT molecular complexity index is 1680. The minimum atomic E-state index is -3.46. The second-order valence-corrected chi connectivity index (χ2v) is 17.0. The number of anilines is 2. The number of hydrogen-bond donors (Lipinski definition) is 3. The quantitative estimate of drug-likeness (QED) is 0.120. The molecule has 3 N–H and O–H groups in total. The Labute approximate surface area is 272 Å². The van der Waals surface area contributed by atoms with Crippen LogP contribution in [0.1, 0.15) is 43.0 Å². The maximum absolute atomic E-state index is 16.2. The van der Waals surface area contributed by atoms with E-state index in [2.05, 4.69) is 20.9 Å². The van der Waals surface area contributed by atoms with Crippen LogP contribution in [0.5, 0.6) is 0 Å². The number of aromatic nitrogens is 3. The number of aliphatic hydroxyl groups is 1. The lowest BCUT2D eigenvalue weighted by Crippen LogP contribution is -2.45. The molecule has 2 aromatic carbocycles. The summed E-state index contributed by atoms with van der Waals surface area (Å²) in [5.41, 5.74) is 0.382. The van der Waals surface area contributed by atoms with Gasteiger partial charge in [0.05, 0.1) is 35.0 Å². The Kier molecular flexibility index (Phi) is 9.00. The molecular formula is C32H40FN7O6Si. The van der Waals surface area contributed by atoms with E-state index >= 15 is 4.11 Å². The largest absolute Gasteiger partial charge is 0.396 e. The number of ether oxygens (including phenoxy) is 1. The van der Waals surface area contributed by atoms with Gasteiger partial charge >= 0.3 is 0 Å². The molecule has 6 rings (SSSR count). The zero-order chi connectivity index (χ0) is 33.5. The second kappa shape index (κ2) is 12.9. The van der Waals surface area contributed by atoms with E-state index in [1.807, 2.05) is 19.1 Å². The first-order chi connectivity index (χ1) is 22.4. The fourth-order valence-electron chi connectivity index (χ4n) is 7.58. The van der Waals surface area contributed by atoms with Crippen molar-refractivity contribution >= 4 is 37.3 Å². The molecule has 2 amide bonds. The van der Waals surface area contributed by atoms with Gasteiger partial charge < -0.3 is 29.5 Å². The number of carbonyl (C=O) groups is 2. The third-order valence-corrected chi connectivity index (χ3v) is 12.1. The van der Waals surface area contributed by atoms with Crippen LogP contribution < -0.4 is 15.5 Å². The average molecular weight is 666 g/mol. The number of aliphatic hydroxyl groups excluding tert-OH is 1. The van der Waals surface area contributed by atoms with Gasteiger partial charge in [0.2, 0.25) is 14.3 Å². The van der Waals surface area contributed by atoms with Crippen molar-refractivity contribution in [2.24, 2.45) is 5.92 Å². The number of carbonyl (C=O) groups excluding carboxylic acids is 2. The summed E-state index contributed by atoms with van der Waals surface area (Å²) in [4.78, 5) is 40.4. The van der Waals surface area contributed by atoms with Crippen molar-refractivity contribution in [2.45, 2.75) is 82.1 Å². The predicted molar refractivity (Wildman–Crippen MR) is 174 cm³/mol. The van der Waals surface area contributed by atoms with Gasteiger partial charge in [0.15, 0.2) is 5.60 Å². The summed E-state index contributed by atoms with van der Waals surface area (Å²) in [5.74, 6) is -1.14. The van der Waals surface area contributed by atoms with Gasteiger partial charge in [-0.05, 0) is 62.7 Å². The summed E-state index contributed by atoms with van der Waals surface area (Å²) < 4.78 is 24.5. The lowest BCUT2D eigenvalue weighted by atomic mass is 9.82. The molecule has 15 heteroatoms. The number of amides is 2. The molecule has 1 spiro atoms. The molecule has 2 fully saturated rings. The molecule has 0 saturated carbocycles. The Morgan fingerprint density at radius 2 is 2.11 bits per heavy atom. The van der Waals surface area contributed by atoms with E-state index in [1.54, 1.807) is 47.1 Å². The highest BCUT2D eigenvalue weighted by Gasteiger charge is 2.66. The van der Waals surface area contributed by atoms with Crippen LogP contribution >= 0.6 is 0 Å². The molecule has 0 unspecified atom stereocenters. The number of fused-ring (bicyclic) bond motifs is 2. The van der Waals surface area contributed by atoms with Crippen molar-refractivity contribution < 1.29 is 28.5 Å². The number of aryl methyl sites for hydroxylation is 1. The maximum Gasteiger partial charge on any atom is 0.269 e. The first-order valence-corrected chi connectivity index (χ1v) is 19.0. The molecule has 0 aliphatic carbocycles. The number of benzene rings is 2. The Balaban J connectivity index is 1.32. The number of nitro groups is 1. The van der Waals surface area contributed by atoms with E-state index in [4.69, 9.17) is 4.74 Å². The molecule has 1 aromatic heterocycles. The van der Waals surface area contributed by atoms with Crippen LogP contribution in [0.4, 0.5) is 21.2 Å². The molecule has 47 heavy (non-hydrogen) atoms. The van der Waals surface area contributed by atoms with Crippen LogP contribution in [0.3, 0.4) is 0 Å². The number of nitro benzene ring substituents is 1. The first-order valence-electron chi connectivity index (χ1n) is 16.0. The van der Waals surface area contributed by atoms with E-state index in [9.17, 15) is 24.8 Å². The lowest BCUT2D eigenvalue weighted by Gasteiger charge is -2.31. The number of nitrogens with zero attached hydrogens (tertiary/aromatic N) is 5. The van der Waals surface area contributed by atoms with Crippen LogP contribution in [0.25, 0.3) is 0 Å². The molecular weight excluding hydrogens is 625 g/mol. The highest BCUT2D eigenvalue weighted by molar-refractivity contribution is 6.72. The van der Waals surface area contributed by atoms with Gasteiger partial charge in [0.25, 0.3) is 11.6 Å². The third kappa shape index (κ3) is 6.20. The third-order valence-electron chi connectivity index (χ3n) is 9.66. The van der Waals surface area contributed by atoms with Gasteiger partial charge in [-0.25, -0.2) is 0 Å². The van der Waals surface area contributed by atoms with Crippen molar-refractivity contribution in [3.63, 3.8) is 0 Å². The molecule has 3 aliphatic heterocycles. The summed E-state index contributed by atoms with van der Waals surface area (Å²) in [6.07, 6.45) is 3.46. The highest BCUT2D eigenvalue weighted by atomic mass is 28.4. The fraction of sp³-hybridized carbons (Fsp3) is 0.500. The molecule has 13 nitrogen and oxygen atoms in total. The predicted octanol–water partition coefficient (Wildman–Crippen LogP) is 3.82. The monoisotopic (exact) mass is 665 g/mol. The summed E-state index contributed by atoms with van der Waals surface area (Å²) >= 11 is 0. The average Bonchev–Trinajstić information content (AvgIpc) is 3.81. The summed E-state index contributed by atoms with van der Waals surface area (Å²) in [6.45, 7) is 6.22. The number of rotatable bonds is 11. The second-order valence-electron chi connectivity index (χ2n) is 13.2. The molecule has 250 valence electrons. The highest BCUT2D eigenvalue weighted by Crippen LogP contribution is 2.60. The number of non-ortho nitro benzene ring substituents is 1. The van der Waals surface area contributed by atoms with Crippen LogP contribution in [-0.2, 0) is 39.4 Å². The van der Waals surface area contributed by atoms with E-state index in [1.165, 1.54) is 12.1 Å². The Morgan fingerprint density at radius 1 is 1.30 bits per heavy atom. The molecule has 3 aliphatic rings. The van der Waals surface area contributed by atoms with E-state index in [-0.39, 0.29) is 30.8 Å². The van der Waals surface area contributed by atoms with Gasteiger partial charge in [0, 0.05) is 60.6 Å². The summed E-state index contributed by atoms with van der Waals surface area (Å²) in [6, 6.07) is 11.3. The summed E-state index contributed by atoms with van der Waals surface area (Å²) in [5, 5.41) is 35.4. The van der Waals surface area contributed by atoms with E-state index in [0.29, 0.717) is 42.0 Å². The number of hydrogen-bond acceptors (Lipinski definition) is 9.